The van der Waals surface area contributed by atoms with Gasteiger partial charge in [-0.2, -0.15) is 0 Å². The summed E-state index contributed by atoms with van der Waals surface area (Å²) in [4.78, 5) is 27.7. The normalized spacial score (nSPS) is 12.8. The number of benzene rings is 2. The lowest BCUT2D eigenvalue weighted by Gasteiger charge is -2.22. The zero-order valence-corrected chi connectivity index (χ0v) is 15.5. The number of carbonyl (C=O) groups is 2. The number of nitrogens with one attached hydrogen (secondary N) is 1. The summed E-state index contributed by atoms with van der Waals surface area (Å²) in [6.45, 7) is 2.22. The fourth-order valence-electron chi connectivity index (χ4n) is 3.50. The second kappa shape index (κ2) is 8.97. The van der Waals surface area contributed by atoms with E-state index >= 15 is 0 Å². The number of phenolic OH excluding ortho intramolecular Hbond substituents is 1. The van der Waals surface area contributed by atoms with Crippen molar-refractivity contribution in [2.45, 2.75) is 6.42 Å². The van der Waals surface area contributed by atoms with Gasteiger partial charge in [-0.25, -0.2) is 0 Å². The first-order chi connectivity index (χ1) is 13.6. The van der Waals surface area contributed by atoms with Crippen molar-refractivity contribution in [3.63, 3.8) is 0 Å². The number of aliphatic hydroxyl groups is 2. The Labute approximate surface area is 163 Å². The van der Waals surface area contributed by atoms with Crippen LogP contribution in [0.15, 0.2) is 36.4 Å². The second-order valence-electron chi connectivity index (χ2n) is 6.66. The van der Waals surface area contributed by atoms with E-state index in [2.05, 4.69) is 5.32 Å². The monoisotopic (exact) mass is 384 g/mol. The van der Waals surface area contributed by atoms with E-state index in [9.17, 15) is 14.7 Å². The van der Waals surface area contributed by atoms with Crippen molar-refractivity contribution in [1.29, 1.82) is 0 Å². The van der Waals surface area contributed by atoms with Gasteiger partial charge in [0, 0.05) is 36.4 Å². The molecule has 0 saturated heterocycles. The lowest BCUT2D eigenvalue weighted by atomic mass is 9.82. The van der Waals surface area contributed by atoms with Gasteiger partial charge in [-0.15, -0.1) is 0 Å². The summed E-state index contributed by atoms with van der Waals surface area (Å²) in [7, 11) is 0. The van der Waals surface area contributed by atoms with Crippen LogP contribution >= 0.6 is 0 Å². The van der Waals surface area contributed by atoms with E-state index in [1.54, 1.807) is 30.3 Å². The van der Waals surface area contributed by atoms with Crippen LogP contribution in [-0.2, 0) is 0 Å². The Morgan fingerprint density at radius 3 is 2.04 bits per heavy atom. The summed E-state index contributed by atoms with van der Waals surface area (Å²) in [5, 5.41) is 31.5. The van der Waals surface area contributed by atoms with Crippen LogP contribution in [0.1, 0.15) is 38.3 Å². The van der Waals surface area contributed by atoms with E-state index < -0.39 is 0 Å². The molecule has 0 fully saturated rings. The van der Waals surface area contributed by atoms with Gasteiger partial charge in [0.15, 0.2) is 11.6 Å². The van der Waals surface area contributed by atoms with E-state index in [0.29, 0.717) is 49.4 Å². The Morgan fingerprint density at radius 2 is 1.43 bits per heavy atom. The van der Waals surface area contributed by atoms with E-state index in [0.717, 1.165) is 0 Å². The first-order valence-corrected chi connectivity index (χ1v) is 9.30. The average molecular weight is 384 g/mol. The fourth-order valence-corrected chi connectivity index (χ4v) is 3.50. The third kappa shape index (κ3) is 3.91. The van der Waals surface area contributed by atoms with Gasteiger partial charge in [0.1, 0.15) is 5.75 Å². The van der Waals surface area contributed by atoms with Gasteiger partial charge in [-0.1, -0.05) is 24.3 Å². The summed E-state index contributed by atoms with van der Waals surface area (Å²) < 4.78 is 0. The van der Waals surface area contributed by atoms with Gasteiger partial charge in [0.25, 0.3) is 0 Å². The molecule has 1 aliphatic rings. The standard InChI is InChI=1S/C21H24N2O5/c24-12-10-23(11-13-25)9-3-8-22-16-6-7-17(26)19-18(16)20(27)14-4-1-2-5-15(14)21(19)28/h1-2,4-7,22,24-26H,3,8-13H2. The maximum atomic E-state index is 13.0. The van der Waals surface area contributed by atoms with E-state index in [-0.39, 0.29) is 41.7 Å². The zero-order valence-electron chi connectivity index (χ0n) is 15.5. The van der Waals surface area contributed by atoms with E-state index in [4.69, 9.17) is 10.2 Å². The molecule has 7 heteroatoms. The molecule has 2 aromatic carbocycles. The number of rotatable bonds is 9. The lowest BCUT2D eigenvalue weighted by molar-refractivity contribution is 0.0977. The maximum Gasteiger partial charge on any atom is 0.198 e. The molecule has 0 bridgehead atoms. The zero-order chi connectivity index (χ0) is 20.1. The highest BCUT2D eigenvalue weighted by atomic mass is 16.3. The Kier molecular flexibility index (Phi) is 6.41. The molecule has 148 valence electrons. The Balaban J connectivity index is 1.78. The molecule has 0 unspecified atom stereocenters. The number of anilines is 1. The number of phenols is 1. The number of aliphatic hydroxyl groups excluding tert-OH is 2. The summed E-state index contributed by atoms with van der Waals surface area (Å²) in [6, 6.07) is 9.64. The number of fused-ring (bicyclic) bond motifs is 2. The van der Waals surface area contributed by atoms with Gasteiger partial charge < -0.3 is 20.6 Å². The van der Waals surface area contributed by atoms with E-state index in [1.807, 2.05) is 4.90 Å². The Bertz CT molecular complexity index is 875. The highest BCUT2D eigenvalue weighted by molar-refractivity contribution is 6.31. The highest BCUT2D eigenvalue weighted by Crippen LogP contribution is 2.36. The average Bonchev–Trinajstić information content (AvgIpc) is 2.70. The first-order valence-electron chi connectivity index (χ1n) is 9.30. The number of nitrogens with zero attached hydrogens (tertiary/aromatic N) is 1. The fraction of sp³-hybridized carbons (Fsp3) is 0.333. The van der Waals surface area contributed by atoms with Crippen LogP contribution in [-0.4, -0.2) is 71.2 Å². The first kappa shape index (κ1) is 20.0. The molecule has 0 heterocycles. The molecule has 0 aliphatic heterocycles. The Morgan fingerprint density at radius 1 is 0.821 bits per heavy atom. The molecule has 0 radical (unpaired) electrons. The summed E-state index contributed by atoms with van der Waals surface area (Å²) in [5.74, 6) is -0.848. The number of aromatic hydroxyl groups is 1. The number of ketones is 2. The maximum absolute atomic E-state index is 13.0. The van der Waals surface area contributed by atoms with Crippen LogP contribution < -0.4 is 5.32 Å². The third-order valence-corrected chi connectivity index (χ3v) is 4.85. The lowest BCUT2D eigenvalue weighted by Crippen LogP contribution is -2.31. The van der Waals surface area contributed by atoms with Crippen LogP contribution in [0.25, 0.3) is 0 Å². The number of hydrogen-bond donors (Lipinski definition) is 4. The SMILES string of the molecule is O=C1c2ccccc2C(=O)c2c(NCCCN(CCO)CCO)ccc(O)c21. The molecule has 2 aromatic rings. The van der Waals surface area contributed by atoms with Crippen molar-refractivity contribution < 1.29 is 24.9 Å². The molecule has 4 N–H and O–H groups in total. The van der Waals surface area contributed by atoms with E-state index in [1.165, 1.54) is 6.07 Å². The van der Waals surface area contributed by atoms with Gasteiger partial charge in [0.05, 0.1) is 24.3 Å². The molecule has 0 atom stereocenters. The van der Waals surface area contributed by atoms with Gasteiger partial charge in [-0.05, 0) is 25.1 Å². The topological polar surface area (TPSA) is 110 Å². The van der Waals surface area contributed by atoms with Gasteiger partial charge in [0.2, 0.25) is 0 Å². The quantitative estimate of drug-likeness (QED) is 0.325. The molecule has 0 aromatic heterocycles. The van der Waals surface area contributed by atoms with Gasteiger partial charge in [-0.3, -0.25) is 14.5 Å². The van der Waals surface area contributed by atoms with Crippen molar-refractivity contribution in [2.24, 2.45) is 0 Å². The van der Waals surface area contributed by atoms with Crippen molar-refractivity contribution >= 4 is 17.3 Å². The van der Waals surface area contributed by atoms with Gasteiger partial charge >= 0.3 is 0 Å². The summed E-state index contributed by atoms with van der Waals surface area (Å²) in [5.41, 5.74) is 1.39. The minimum Gasteiger partial charge on any atom is -0.507 e. The van der Waals surface area contributed by atoms with Crippen LogP contribution in [0.3, 0.4) is 0 Å². The number of carbonyl (C=O) groups excluding carboxylic acids is 2. The number of hydrogen-bond acceptors (Lipinski definition) is 7. The molecular formula is C21H24N2O5. The Hall–Kier alpha value is -2.74. The molecule has 0 saturated carbocycles. The molecule has 28 heavy (non-hydrogen) atoms. The molecule has 0 spiro atoms. The second-order valence-corrected chi connectivity index (χ2v) is 6.66. The van der Waals surface area contributed by atoms with Crippen molar-refractivity contribution in [3.8, 4) is 5.75 Å². The largest absolute Gasteiger partial charge is 0.507 e. The predicted molar refractivity (Wildman–Crippen MR) is 105 cm³/mol. The summed E-state index contributed by atoms with van der Waals surface area (Å²) in [6.07, 6.45) is 0.717. The van der Waals surface area contributed by atoms with Crippen LogP contribution in [0.4, 0.5) is 5.69 Å². The van der Waals surface area contributed by atoms with Crippen molar-refractivity contribution in [2.75, 3.05) is 44.7 Å². The molecule has 7 nitrogen and oxygen atoms in total. The smallest absolute Gasteiger partial charge is 0.198 e. The molecule has 0 amide bonds. The minimum absolute atomic E-state index is 0.0227. The van der Waals surface area contributed by atoms with Crippen molar-refractivity contribution in [3.05, 3.63) is 58.7 Å². The molecule has 3 rings (SSSR count). The summed E-state index contributed by atoms with van der Waals surface area (Å²) >= 11 is 0. The molecule has 1 aliphatic carbocycles. The predicted octanol–water partition coefficient (Wildman–Crippen LogP) is 1.26. The van der Waals surface area contributed by atoms with Crippen LogP contribution in [0, 0.1) is 0 Å². The third-order valence-electron chi connectivity index (χ3n) is 4.85. The minimum atomic E-state index is -0.358. The van der Waals surface area contributed by atoms with Crippen LogP contribution in [0.5, 0.6) is 5.75 Å². The van der Waals surface area contributed by atoms with Crippen LogP contribution in [0.2, 0.25) is 0 Å². The highest BCUT2D eigenvalue weighted by Gasteiger charge is 2.33. The van der Waals surface area contributed by atoms with Crippen molar-refractivity contribution in [1.82, 2.24) is 4.90 Å². The molecular weight excluding hydrogens is 360 g/mol.